The topological polar surface area (TPSA) is 36.7 Å². The van der Waals surface area contributed by atoms with Crippen molar-refractivity contribution in [2.45, 2.75) is 0 Å². The third-order valence-electron chi connectivity index (χ3n) is 1.34. The Bertz CT molecular complexity index is 299. The van der Waals surface area contributed by atoms with E-state index in [0.29, 0.717) is 11.4 Å². The molecule has 0 saturated carbocycles. The summed E-state index contributed by atoms with van der Waals surface area (Å²) in [6.07, 6.45) is 6.69. The summed E-state index contributed by atoms with van der Waals surface area (Å²) in [7, 11) is 0. The molecule has 0 saturated heterocycles. The Hall–Kier alpha value is -1.70. The van der Waals surface area contributed by atoms with Crippen LogP contribution in [0.1, 0.15) is 5.69 Å². The van der Waals surface area contributed by atoms with Gasteiger partial charge < -0.3 is 0 Å². The van der Waals surface area contributed by atoms with Crippen LogP contribution in [0.3, 0.4) is 0 Å². The van der Waals surface area contributed by atoms with Crippen LogP contribution >= 0.6 is 0 Å². The Morgan fingerprint density at radius 2 is 2.33 bits per heavy atom. The van der Waals surface area contributed by atoms with Crippen molar-refractivity contribution < 1.29 is 0 Å². The highest BCUT2D eigenvalue weighted by atomic mass is 14.7. The van der Waals surface area contributed by atoms with Gasteiger partial charge in [0, 0.05) is 6.20 Å². The molecule has 1 heterocycles. The monoisotopic (exact) mass is 158 g/mol. The van der Waals surface area contributed by atoms with Gasteiger partial charge in [0.2, 0.25) is 0 Å². The van der Waals surface area contributed by atoms with E-state index in [1.165, 1.54) is 0 Å². The van der Waals surface area contributed by atoms with E-state index >= 15 is 0 Å². The van der Waals surface area contributed by atoms with Crippen LogP contribution in [0, 0.1) is 5.41 Å². The molecule has 1 aromatic heterocycles. The molecule has 60 valence electrons. The summed E-state index contributed by atoms with van der Waals surface area (Å²) in [6.45, 7) is 3.52. The summed E-state index contributed by atoms with van der Waals surface area (Å²) in [5, 5.41) is 7.54. The maximum Gasteiger partial charge on any atom is 0.0878 e. The van der Waals surface area contributed by atoms with E-state index in [0.717, 1.165) is 0 Å². The standard InChI is InChI=1S/C10H10N2/c1-2-3-6-9(11)10-7-4-5-8-12-10/h2-8,11H,1H2/b6-3+,11-9?. The summed E-state index contributed by atoms with van der Waals surface area (Å²) in [5.41, 5.74) is 1.08. The first-order valence-corrected chi connectivity index (χ1v) is 3.63. The second-order valence-electron chi connectivity index (χ2n) is 2.22. The molecule has 0 spiro atoms. The number of pyridine rings is 1. The van der Waals surface area contributed by atoms with E-state index in [1.807, 2.05) is 12.1 Å². The van der Waals surface area contributed by atoms with Crippen LogP contribution in [-0.4, -0.2) is 10.7 Å². The van der Waals surface area contributed by atoms with Gasteiger partial charge in [0.25, 0.3) is 0 Å². The number of hydrogen-bond acceptors (Lipinski definition) is 2. The first-order valence-electron chi connectivity index (χ1n) is 3.63. The molecule has 12 heavy (non-hydrogen) atoms. The van der Waals surface area contributed by atoms with Gasteiger partial charge in [-0.2, -0.15) is 0 Å². The minimum Gasteiger partial charge on any atom is -0.299 e. The van der Waals surface area contributed by atoms with E-state index in [-0.39, 0.29) is 0 Å². The van der Waals surface area contributed by atoms with Crippen molar-refractivity contribution in [3.63, 3.8) is 0 Å². The van der Waals surface area contributed by atoms with Gasteiger partial charge in [-0.25, -0.2) is 0 Å². The van der Waals surface area contributed by atoms with Gasteiger partial charge in [-0.15, -0.1) is 0 Å². The lowest BCUT2D eigenvalue weighted by atomic mass is 10.2. The highest BCUT2D eigenvalue weighted by Crippen LogP contribution is 1.95. The molecule has 0 aliphatic rings. The Balaban J connectivity index is 2.79. The van der Waals surface area contributed by atoms with E-state index in [9.17, 15) is 0 Å². The van der Waals surface area contributed by atoms with Crippen LogP contribution in [0.2, 0.25) is 0 Å². The van der Waals surface area contributed by atoms with Gasteiger partial charge in [-0.3, -0.25) is 10.4 Å². The van der Waals surface area contributed by atoms with Crippen LogP contribution in [0.25, 0.3) is 0 Å². The van der Waals surface area contributed by atoms with Gasteiger partial charge in [-0.05, 0) is 18.2 Å². The molecule has 2 heteroatoms. The van der Waals surface area contributed by atoms with Crippen LogP contribution < -0.4 is 0 Å². The Morgan fingerprint density at radius 3 is 2.92 bits per heavy atom. The van der Waals surface area contributed by atoms with Crippen molar-refractivity contribution in [1.29, 1.82) is 5.41 Å². The molecule has 0 fully saturated rings. The Morgan fingerprint density at radius 1 is 1.50 bits per heavy atom. The zero-order valence-electron chi connectivity index (χ0n) is 6.70. The van der Waals surface area contributed by atoms with Gasteiger partial charge in [0.15, 0.2) is 0 Å². The van der Waals surface area contributed by atoms with Crippen molar-refractivity contribution in [3.8, 4) is 0 Å². The molecule has 1 N–H and O–H groups in total. The number of nitrogens with zero attached hydrogens (tertiary/aromatic N) is 1. The molecule has 0 atom stereocenters. The van der Waals surface area contributed by atoms with Gasteiger partial charge in [0.05, 0.1) is 11.4 Å². The molecule has 0 aromatic carbocycles. The molecule has 0 aliphatic heterocycles. The maximum absolute atomic E-state index is 7.54. The van der Waals surface area contributed by atoms with E-state index in [2.05, 4.69) is 11.6 Å². The van der Waals surface area contributed by atoms with Crippen molar-refractivity contribution >= 4 is 5.71 Å². The van der Waals surface area contributed by atoms with Gasteiger partial charge in [-0.1, -0.05) is 24.8 Å². The molecule has 0 amide bonds. The van der Waals surface area contributed by atoms with Crippen LogP contribution in [0.15, 0.2) is 49.2 Å². The zero-order valence-corrected chi connectivity index (χ0v) is 6.70. The molecule has 0 aliphatic carbocycles. The van der Waals surface area contributed by atoms with Crippen molar-refractivity contribution in [3.05, 3.63) is 54.9 Å². The second-order valence-corrected chi connectivity index (χ2v) is 2.22. The molecular weight excluding hydrogens is 148 g/mol. The molecule has 2 nitrogen and oxygen atoms in total. The largest absolute Gasteiger partial charge is 0.299 e. The van der Waals surface area contributed by atoms with Crippen LogP contribution in [0.4, 0.5) is 0 Å². The third-order valence-corrected chi connectivity index (χ3v) is 1.34. The van der Waals surface area contributed by atoms with E-state index in [1.54, 1.807) is 30.5 Å². The normalized spacial score (nSPS) is 10.0. The fourth-order valence-electron chi connectivity index (χ4n) is 0.772. The highest BCUT2D eigenvalue weighted by Gasteiger charge is 1.94. The third kappa shape index (κ3) is 2.16. The van der Waals surface area contributed by atoms with Crippen molar-refractivity contribution in [2.24, 2.45) is 0 Å². The lowest BCUT2D eigenvalue weighted by Gasteiger charge is -1.94. The minimum atomic E-state index is 0.399. The van der Waals surface area contributed by atoms with Crippen molar-refractivity contribution in [2.75, 3.05) is 0 Å². The van der Waals surface area contributed by atoms with E-state index < -0.39 is 0 Å². The Labute approximate surface area is 71.8 Å². The minimum absolute atomic E-state index is 0.399. The average molecular weight is 158 g/mol. The first kappa shape index (κ1) is 8.40. The van der Waals surface area contributed by atoms with Crippen LogP contribution in [-0.2, 0) is 0 Å². The molecular formula is C10H10N2. The summed E-state index contributed by atoms with van der Waals surface area (Å²) in [6, 6.07) is 5.49. The summed E-state index contributed by atoms with van der Waals surface area (Å²) in [4.78, 5) is 4.02. The smallest absolute Gasteiger partial charge is 0.0878 e. The predicted molar refractivity (Wildman–Crippen MR) is 50.4 cm³/mol. The summed E-state index contributed by atoms with van der Waals surface area (Å²) >= 11 is 0. The SMILES string of the molecule is C=C/C=C/C(=N)c1ccccn1. The molecule has 0 bridgehead atoms. The number of hydrogen-bond donors (Lipinski definition) is 1. The number of nitrogens with one attached hydrogen (secondary N) is 1. The molecule has 0 unspecified atom stereocenters. The highest BCUT2D eigenvalue weighted by molar-refractivity contribution is 6.05. The average Bonchev–Trinajstić information content (AvgIpc) is 2.15. The molecule has 1 rings (SSSR count). The fourth-order valence-corrected chi connectivity index (χ4v) is 0.772. The fraction of sp³-hybridized carbons (Fsp3) is 0. The second kappa shape index (κ2) is 4.23. The van der Waals surface area contributed by atoms with Gasteiger partial charge >= 0.3 is 0 Å². The van der Waals surface area contributed by atoms with Gasteiger partial charge in [0.1, 0.15) is 0 Å². The Kier molecular flexibility index (Phi) is 2.96. The first-order chi connectivity index (χ1) is 5.84. The number of allylic oxidation sites excluding steroid dienone is 3. The maximum atomic E-state index is 7.54. The number of aromatic nitrogens is 1. The van der Waals surface area contributed by atoms with Crippen molar-refractivity contribution in [1.82, 2.24) is 4.98 Å². The van der Waals surface area contributed by atoms with Crippen LogP contribution in [0.5, 0.6) is 0 Å². The lowest BCUT2D eigenvalue weighted by Crippen LogP contribution is -1.96. The quantitative estimate of drug-likeness (QED) is 0.531. The molecule has 1 aromatic rings. The van der Waals surface area contributed by atoms with E-state index in [4.69, 9.17) is 5.41 Å². The predicted octanol–water partition coefficient (Wildman–Crippen LogP) is 2.19. The lowest BCUT2D eigenvalue weighted by molar-refractivity contribution is 1.28. The number of rotatable bonds is 3. The zero-order chi connectivity index (χ0) is 8.81. The molecule has 0 radical (unpaired) electrons. The summed E-state index contributed by atoms with van der Waals surface area (Å²) in [5.74, 6) is 0. The summed E-state index contributed by atoms with van der Waals surface area (Å²) < 4.78 is 0.